The van der Waals surface area contributed by atoms with Crippen LogP contribution in [0.2, 0.25) is 0 Å². The molecule has 1 unspecified atom stereocenters. The molecule has 100 valence electrons. The molecule has 2 rings (SSSR count). The summed E-state index contributed by atoms with van der Waals surface area (Å²) in [6.07, 6.45) is 1.63. The average molecular weight is 249 g/mol. The minimum absolute atomic E-state index is 0.489. The molecule has 2 N–H and O–H groups in total. The third kappa shape index (κ3) is 3.24. The maximum absolute atomic E-state index is 10.2. The second-order valence-corrected chi connectivity index (χ2v) is 5.36. The number of nitrogens with one attached hydrogen (secondary N) is 1. The number of hydrogen-bond donors (Lipinski definition) is 2. The number of benzene rings is 1. The number of para-hydroxylation sites is 1. The van der Waals surface area contributed by atoms with E-state index in [-0.39, 0.29) is 0 Å². The fraction of sp³-hybridized carbons (Fsp3) is 0.600. The lowest BCUT2D eigenvalue weighted by molar-refractivity contribution is 0.165. The number of hydrogen-bond acceptors (Lipinski definition) is 3. The lowest BCUT2D eigenvalue weighted by Gasteiger charge is -2.23. The van der Waals surface area contributed by atoms with Gasteiger partial charge in [0, 0.05) is 12.1 Å². The second kappa shape index (κ2) is 6.21. The summed E-state index contributed by atoms with van der Waals surface area (Å²) < 4.78 is 5.72. The molecule has 0 aromatic heterocycles. The minimum Gasteiger partial charge on any atom is -0.493 e. The summed E-state index contributed by atoms with van der Waals surface area (Å²) in [4.78, 5) is 0. The summed E-state index contributed by atoms with van der Waals surface area (Å²) in [5.41, 5.74) is 2.14. The van der Waals surface area contributed by atoms with Crippen molar-refractivity contribution < 1.29 is 9.84 Å². The van der Waals surface area contributed by atoms with E-state index in [1.165, 1.54) is 5.56 Å². The number of aryl methyl sites for hydroxylation is 1. The van der Waals surface area contributed by atoms with Gasteiger partial charge in [0.05, 0.1) is 12.7 Å². The average Bonchev–Trinajstić information content (AvgIpc) is 2.37. The van der Waals surface area contributed by atoms with Crippen LogP contribution in [0.15, 0.2) is 18.2 Å². The first-order valence-corrected chi connectivity index (χ1v) is 6.82. The van der Waals surface area contributed by atoms with Crippen LogP contribution >= 0.6 is 0 Å². The van der Waals surface area contributed by atoms with Crippen molar-refractivity contribution in [3.8, 4) is 5.75 Å². The zero-order chi connectivity index (χ0) is 13.0. The summed E-state index contributed by atoms with van der Waals surface area (Å²) >= 11 is 0. The molecule has 18 heavy (non-hydrogen) atoms. The van der Waals surface area contributed by atoms with Crippen molar-refractivity contribution in [1.29, 1.82) is 0 Å². The second-order valence-electron chi connectivity index (χ2n) is 5.36. The van der Waals surface area contributed by atoms with E-state index in [4.69, 9.17) is 4.74 Å². The standard InChI is InChI=1S/C15H23NO2/c1-11(2)9-16-10-14(17)13-7-3-5-12-6-4-8-18-15(12)13/h3,5,7,11,14,16-17H,4,6,8-10H2,1-2H3. The van der Waals surface area contributed by atoms with E-state index in [1.54, 1.807) is 0 Å². The fourth-order valence-corrected chi connectivity index (χ4v) is 2.30. The highest BCUT2D eigenvalue weighted by Gasteiger charge is 2.19. The number of rotatable bonds is 5. The molecular weight excluding hydrogens is 226 g/mol. The van der Waals surface area contributed by atoms with Gasteiger partial charge in [-0.1, -0.05) is 32.0 Å². The molecule has 0 saturated heterocycles. The lowest BCUT2D eigenvalue weighted by atomic mass is 9.99. The van der Waals surface area contributed by atoms with Crippen LogP contribution in [0.3, 0.4) is 0 Å². The van der Waals surface area contributed by atoms with E-state index in [0.29, 0.717) is 12.5 Å². The van der Waals surface area contributed by atoms with E-state index < -0.39 is 6.10 Å². The fourth-order valence-electron chi connectivity index (χ4n) is 2.30. The van der Waals surface area contributed by atoms with Gasteiger partial charge in [-0.3, -0.25) is 0 Å². The van der Waals surface area contributed by atoms with Crippen LogP contribution in [0, 0.1) is 5.92 Å². The number of aliphatic hydroxyl groups excluding tert-OH is 1. The van der Waals surface area contributed by atoms with Gasteiger partial charge in [-0.25, -0.2) is 0 Å². The molecule has 3 heteroatoms. The molecule has 0 amide bonds. The lowest BCUT2D eigenvalue weighted by Crippen LogP contribution is -2.26. The molecule has 1 heterocycles. The molecule has 0 saturated carbocycles. The predicted octanol–water partition coefficient (Wildman–Crippen LogP) is 2.29. The number of fused-ring (bicyclic) bond motifs is 1. The highest BCUT2D eigenvalue weighted by Crippen LogP contribution is 2.32. The van der Waals surface area contributed by atoms with Crippen molar-refractivity contribution >= 4 is 0 Å². The minimum atomic E-state index is -0.489. The third-order valence-electron chi connectivity index (χ3n) is 3.21. The van der Waals surface area contributed by atoms with Crippen molar-refractivity contribution in [2.75, 3.05) is 19.7 Å². The van der Waals surface area contributed by atoms with Crippen molar-refractivity contribution in [1.82, 2.24) is 5.32 Å². The van der Waals surface area contributed by atoms with Gasteiger partial charge in [0.15, 0.2) is 0 Å². The largest absolute Gasteiger partial charge is 0.493 e. The van der Waals surface area contributed by atoms with Crippen LogP contribution in [0.1, 0.15) is 37.5 Å². The molecule has 0 spiro atoms. The maximum atomic E-state index is 10.2. The molecule has 1 aliphatic heterocycles. The Morgan fingerprint density at radius 3 is 2.94 bits per heavy atom. The van der Waals surface area contributed by atoms with Crippen LogP contribution in [-0.4, -0.2) is 24.8 Å². The molecule has 0 aliphatic carbocycles. The molecule has 0 radical (unpaired) electrons. The van der Waals surface area contributed by atoms with Crippen molar-refractivity contribution in [2.45, 2.75) is 32.8 Å². The van der Waals surface area contributed by atoms with E-state index >= 15 is 0 Å². The number of ether oxygens (including phenoxy) is 1. The van der Waals surface area contributed by atoms with Crippen LogP contribution < -0.4 is 10.1 Å². The Morgan fingerprint density at radius 2 is 2.17 bits per heavy atom. The summed E-state index contributed by atoms with van der Waals surface area (Å²) in [7, 11) is 0. The Balaban J connectivity index is 2.03. The van der Waals surface area contributed by atoms with Gasteiger partial charge in [-0.05, 0) is 30.9 Å². The molecular formula is C15H23NO2. The van der Waals surface area contributed by atoms with Crippen LogP contribution in [0.25, 0.3) is 0 Å². The number of aliphatic hydroxyl groups is 1. The van der Waals surface area contributed by atoms with Crippen molar-refractivity contribution in [3.05, 3.63) is 29.3 Å². The highest BCUT2D eigenvalue weighted by molar-refractivity contribution is 5.44. The maximum Gasteiger partial charge on any atom is 0.128 e. The zero-order valence-corrected chi connectivity index (χ0v) is 11.3. The molecule has 0 bridgehead atoms. The van der Waals surface area contributed by atoms with Crippen LogP contribution in [0.5, 0.6) is 5.75 Å². The Hall–Kier alpha value is -1.06. The highest BCUT2D eigenvalue weighted by atomic mass is 16.5. The summed E-state index contributed by atoms with van der Waals surface area (Å²) in [5.74, 6) is 1.50. The van der Waals surface area contributed by atoms with Gasteiger partial charge < -0.3 is 15.2 Å². The summed E-state index contributed by atoms with van der Waals surface area (Å²) in [6.45, 7) is 6.58. The van der Waals surface area contributed by atoms with Crippen molar-refractivity contribution in [2.24, 2.45) is 5.92 Å². The van der Waals surface area contributed by atoms with Gasteiger partial charge in [0.25, 0.3) is 0 Å². The molecule has 0 fully saturated rings. The molecule has 1 atom stereocenters. The van der Waals surface area contributed by atoms with E-state index in [2.05, 4.69) is 25.2 Å². The van der Waals surface area contributed by atoms with E-state index in [0.717, 1.165) is 37.3 Å². The normalized spacial score (nSPS) is 16.2. The van der Waals surface area contributed by atoms with Gasteiger partial charge >= 0.3 is 0 Å². The summed E-state index contributed by atoms with van der Waals surface area (Å²) in [6, 6.07) is 6.06. The van der Waals surface area contributed by atoms with E-state index in [1.807, 2.05) is 12.1 Å². The first kappa shape index (κ1) is 13.4. The van der Waals surface area contributed by atoms with Crippen LogP contribution in [0.4, 0.5) is 0 Å². The molecule has 1 aliphatic rings. The smallest absolute Gasteiger partial charge is 0.128 e. The van der Waals surface area contributed by atoms with Gasteiger partial charge in [-0.15, -0.1) is 0 Å². The Morgan fingerprint density at radius 1 is 1.33 bits per heavy atom. The zero-order valence-electron chi connectivity index (χ0n) is 11.3. The Bertz CT molecular complexity index is 390. The predicted molar refractivity (Wildman–Crippen MR) is 72.9 cm³/mol. The molecule has 1 aromatic rings. The molecule has 1 aromatic carbocycles. The Kier molecular flexibility index (Phi) is 4.61. The monoisotopic (exact) mass is 249 g/mol. The van der Waals surface area contributed by atoms with Crippen LogP contribution in [-0.2, 0) is 6.42 Å². The quantitative estimate of drug-likeness (QED) is 0.841. The topological polar surface area (TPSA) is 41.5 Å². The first-order valence-electron chi connectivity index (χ1n) is 6.82. The SMILES string of the molecule is CC(C)CNCC(O)c1cccc2c1OCCC2. The first-order chi connectivity index (χ1) is 8.68. The molecule has 3 nitrogen and oxygen atoms in total. The third-order valence-corrected chi connectivity index (χ3v) is 3.21. The van der Waals surface area contributed by atoms with E-state index in [9.17, 15) is 5.11 Å². The Labute approximate surface area is 109 Å². The summed E-state index contributed by atoms with van der Waals surface area (Å²) in [5, 5.41) is 13.5. The van der Waals surface area contributed by atoms with Gasteiger partial charge in [-0.2, -0.15) is 0 Å². The van der Waals surface area contributed by atoms with Gasteiger partial charge in [0.1, 0.15) is 5.75 Å². The van der Waals surface area contributed by atoms with Crippen molar-refractivity contribution in [3.63, 3.8) is 0 Å². The van der Waals surface area contributed by atoms with Gasteiger partial charge in [0.2, 0.25) is 0 Å².